The average Bonchev–Trinajstić information content (AvgIpc) is 2.18. The van der Waals surface area contributed by atoms with Crippen LogP contribution in [0.25, 0.3) is 0 Å². The van der Waals surface area contributed by atoms with Gasteiger partial charge in [-0.05, 0) is 19.1 Å². The fraction of sp³-hybridized carbons (Fsp3) is 0.333. The molecule has 0 radical (unpaired) electrons. The van der Waals surface area contributed by atoms with Gasteiger partial charge in [0.05, 0.1) is 12.2 Å². The van der Waals surface area contributed by atoms with Gasteiger partial charge in [0, 0.05) is 12.7 Å². The minimum atomic E-state index is 0.0775. The molecule has 1 amide bonds. The highest BCUT2D eigenvalue weighted by atomic mass is 16.2. The lowest BCUT2D eigenvalue weighted by atomic mass is 10.3. The van der Waals surface area contributed by atoms with Crippen molar-refractivity contribution in [2.75, 3.05) is 23.3 Å². The largest absolute Gasteiger partial charge is 0.373 e. The van der Waals surface area contributed by atoms with E-state index in [-0.39, 0.29) is 5.91 Å². The molecule has 0 bridgehead atoms. The Morgan fingerprint density at radius 3 is 3.31 bits per heavy atom. The standard InChI is InChI=1S/C9H11N3O/c1-2-12-8(13)6-11-7-4-3-5-10-9(7)12/h3-5,11H,2,6H2,1H3. The van der Waals surface area contributed by atoms with Crippen molar-refractivity contribution < 1.29 is 4.79 Å². The fourth-order valence-corrected chi connectivity index (χ4v) is 1.46. The van der Waals surface area contributed by atoms with Gasteiger partial charge in [-0.3, -0.25) is 9.69 Å². The zero-order valence-corrected chi connectivity index (χ0v) is 7.45. The Morgan fingerprint density at radius 2 is 2.54 bits per heavy atom. The van der Waals surface area contributed by atoms with Crippen LogP contribution in [-0.4, -0.2) is 24.0 Å². The fourth-order valence-electron chi connectivity index (χ4n) is 1.46. The minimum Gasteiger partial charge on any atom is -0.373 e. The van der Waals surface area contributed by atoms with Crippen molar-refractivity contribution in [1.29, 1.82) is 0 Å². The molecular weight excluding hydrogens is 166 g/mol. The molecule has 2 rings (SSSR count). The number of likely N-dealkylation sites (N-methyl/N-ethyl adjacent to an activating group) is 1. The number of nitrogens with zero attached hydrogens (tertiary/aromatic N) is 2. The first-order valence-electron chi connectivity index (χ1n) is 4.32. The Hall–Kier alpha value is -1.58. The highest BCUT2D eigenvalue weighted by Crippen LogP contribution is 2.25. The first-order valence-corrected chi connectivity index (χ1v) is 4.32. The highest BCUT2D eigenvalue weighted by Gasteiger charge is 2.22. The molecule has 13 heavy (non-hydrogen) atoms. The molecule has 0 unspecified atom stereocenters. The van der Waals surface area contributed by atoms with Gasteiger partial charge in [0.2, 0.25) is 5.91 Å². The lowest BCUT2D eigenvalue weighted by Crippen LogP contribution is -2.40. The summed E-state index contributed by atoms with van der Waals surface area (Å²) in [5.41, 5.74) is 0.934. The zero-order chi connectivity index (χ0) is 9.26. The number of hydrogen-bond acceptors (Lipinski definition) is 3. The summed E-state index contributed by atoms with van der Waals surface area (Å²) >= 11 is 0. The second-order valence-electron chi connectivity index (χ2n) is 2.87. The number of anilines is 2. The van der Waals surface area contributed by atoms with Crippen molar-refractivity contribution >= 4 is 17.4 Å². The van der Waals surface area contributed by atoms with E-state index in [2.05, 4.69) is 10.3 Å². The lowest BCUT2D eigenvalue weighted by molar-refractivity contribution is -0.117. The first kappa shape index (κ1) is 8.04. The maximum absolute atomic E-state index is 11.4. The third-order valence-corrected chi connectivity index (χ3v) is 2.09. The normalized spacial score (nSPS) is 15.2. The number of carbonyl (C=O) groups is 1. The van der Waals surface area contributed by atoms with Crippen molar-refractivity contribution in [2.45, 2.75) is 6.92 Å². The van der Waals surface area contributed by atoms with Crippen LogP contribution in [0.15, 0.2) is 18.3 Å². The van der Waals surface area contributed by atoms with Crippen molar-refractivity contribution in [3.8, 4) is 0 Å². The van der Waals surface area contributed by atoms with Gasteiger partial charge in [-0.2, -0.15) is 0 Å². The monoisotopic (exact) mass is 177 g/mol. The summed E-state index contributed by atoms with van der Waals surface area (Å²) in [6, 6.07) is 3.78. The van der Waals surface area contributed by atoms with Crippen molar-refractivity contribution in [3.63, 3.8) is 0 Å². The molecule has 1 N–H and O–H groups in total. The van der Waals surface area contributed by atoms with E-state index in [1.807, 2.05) is 19.1 Å². The van der Waals surface area contributed by atoms with E-state index in [0.29, 0.717) is 13.1 Å². The molecule has 0 atom stereocenters. The summed E-state index contributed by atoms with van der Waals surface area (Å²) in [6.07, 6.45) is 1.70. The summed E-state index contributed by atoms with van der Waals surface area (Å²) in [6.45, 7) is 2.98. The number of rotatable bonds is 1. The van der Waals surface area contributed by atoms with Gasteiger partial charge in [-0.25, -0.2) is 4.98 Å². The molecule has 2 heterocycles. The van der Waals surface area contributed by atoms with Gasteiger partial charge in [-0.1, -0.05) is 0 Å². The maximum Gasteiger partial charge on any atom is 0.247 e. The minimum absolute atomic E-state index is 0.0775. The van der Waals surface area contributed by atoms with E-state index < -0.39 is 0 Å². The number of aromatic nitrogens is 1. The van der Waals surface area contributed by atoms with E-state index in [9.17, 15) is 4.79 Å². The van der Waals surface area contributed by atoms with Gasteiger partial charge < -0.3 is 5.32 Å². The lowest BCUT2D eigenvalue weighted by Gasteiger charge is -2.27. The van der Waals surface area contributed by atoms with Gasteiger partial charge in [0.15, 0.2) is 5.82 Å². The topological polar surface area (TPSA) is 45.2 Å². The molecule has 1 aromatic rings. The van der Waals surface area contributed by atoms with Gasteiger partial charge in [-0.15, -0.1) is 0 Å². The van der Waals surface area contributed by atoms with E-state index in [1.54, 1.807) is 11.1 Å². The summed E-state index contributed by atoms with van der Waals surface area (Å²) in [7, 11) is 0. The Balaban J connectivity index is 2.45. The van der Waals surface area contributed by atoms with Crippen LogP contribution in [-0.2, 0) is 4.79 Å². The molecule has 1 aromatic heterocycles. The number of pyridine rings is 1. The molecule has 0 saturated heterocycles. The molecule has 0 aliphatic carbocycles. The van der Waals surface area contributed by atoms with E-state index >= 15 is 0 Å². The number of fused-ring (bicyclic) bond motifs is 1. The quantitative estimate of drug-likeness (QED) is 0.692. The van der Waals surface area contributed by atoms with Crippen LogP contribution < -0.4 is 10.2 Å². The molecule has 0 fully saturated rings. The molecule has 1 aliphatic rings. The van der Waals surface area contributed by atoms with Crippen molar-refractivity contribution in [1.82, 2.24) is 4.98 Å². The Bertz CT molecular complexity index is 337. The smallest absolute Gasteiger partial charge is 0.247 e. The molecule has 4 heteroatoms. The first-order chi connectivity index (χ1) is 6.33. The average molecular weight is 177 g/mol. The van der Waals surface area contributed by atoms with Crippen LogP contribution in [0.4, 0.5) is 11.5 Å². The van der Waals surface area contributed by atoms with E-state index in [4.69, 9.17) is 0 Å². The molecule has 0 aromatic carbocycles. The molecule has 0 spiro atoms. The van der Waals surface area contributed by atoms with Crippen LogP contribution in [0, 0.1) is 0 Å². The summed E-state index contributed by atoms with van der Waals surface area (Å²) in [5, 5.41) is 3.02. The number of nitrogens with one attached hydrogen (secondary N) is 1. The molecular formula is C9H11N3O. The van der Waals surface area contributed by atoms with E-state index in [1.165, 1.54) is 0 Å². The van der Waals surface area contributed by atoms with Crippen LogP contribution in [0.3, 0.4) is 0 Å². The number of hydrogen-bond donors (Lipinski definition) is 1. The predicted octanol–water partition coefficient (Wildman–Crippen LogP) is 0.860. The maximum atomic E-state index is 11.4. The van der Waals surface area contributed by atoms with Crippen LogP contribution in [0.5, 0.6) is 0 Å². The second-order valence-corrected chi connectivity index (χ2v) is 2.87. The number of amides is 1. The predicted molar refractivity (Wildman–Crippen MR) is 50.8 cm³/mol. The van der Waals surface area contributed by atoms with Crippen LogP contribution in [0.1, 0.15) is 6.92 Å². The zero-order valence-electron chi connectivity index (χ0n) is 7.45. The van der Waals surface area contributed by atoms with Crippen molar-refractivity contribution in [2.24, 2.45) is 0 Å². The summed E-state index contributed by atoms with van der Waals surface area (Å²) < 4.78 is 0. The number of carbonyl (C=O) groups excluding carboxylic acids is 1. The van der Waals surface area contributed by atoms with E-state index in [0.717, 1.165) is 11.5 Å². The Morgan fingerprint density at radius 1 is 1.69 bits per heavy atom. The van der Waals surface area contributed by atoms with Crippen molar-refractivity contribution in [3.05, 3.63) is 18.3 Å². The van der Waals surface area contributed by atoms with Gasteiger partial charge in [0.25, 0.3) is 0 Å². The van der Waals surface area contributed by atoms with Crippen LogP contribution >= 0.6 is 0 Å². The Kier molecular flexibility index (Phi) is 1.88. The highest BCUT2D eigenvalue weighted by molar-refractivity contribution is 6.01. The second kappa shape index (κ2) is 3.05. The molecule has 4 nitrogen and oxygen atoms in total. The SMILES string of the molecule is CCN1C(=O)CNc2cccnc21. The molecule has 0 saturated carbocycles. The summed E-state index contributed by atoms with van der Waals surface area (Å²) in [4.78, 5) is 17.3. The van der Waals surface area contributed by atoms with Crippen LogP contribution in [0.2, 0.25) is 0 Å². The van der Waals surface area contributed by atoms with Gasteiger partial charge in [0.1, 0.15) is 0 Å². The third kappa shape index (κ3) is 1.24. The Labute approximate surface area is 76.6 Å². The van der Waals surface area contributed by atoms with Gasteiger partial charge >= 0.3 is 0 Å². The molecule has 68 valence electrons. The molecule has 1 aliphatic heterocycles. The third-order valence-electron chi connectivity index (χ3n) is 2.09. The summed E-state index contributed by atoms with van der Waals surface area (Å²) in [5.74, 6) is 0.815.